The summed E-state index contributed by atoms with van der Waals surface area (Å²) in [5, 5.41) is 37.6. The number of fused-ring (bicyclic) bond motifs is 7. The van der Waals surface area contributed by atoms with Crippen LogP contribution in [0, 0.1) is 50.2 Å². The molecule has 0 aromatic carbocycles. The minimum absolute atomic E-state index is 0.105. The number of ether oxygens (including phenoxy) is 5. The molecule has 4 saturated carbocycles. The molecule has 0 bridgehead atoms. The summed E-state index contributed by atoms with van der Waals surface area (Å²) in [6.45, 7) is 25.6. The fourth-order valence-electron chi connectivity index (χ4n) is 13.6. The molecular formula is C48H74O11. The lowest BCUT2D eigenvalue weighted by molar-refractivity contribution is -0.342. The molecule has 0 amide bonds. The number of allylic oxidation sites excluding steroid dienone is 4. The van der Waals surface area contributed by atoms with Crippen LogP contribution in [0.4, 0.5) is 0 Å². The van der Waals surface area contributed by atoms with Crippen LogP contribution in [0.1, 0.15) is 141 Å². The Balaban J connectivity index is 1.37. The molecule has 6 rings (SSSR count). The second kappa shape index (κ2) is 16.0. The Labute approximate surface area is 352 Å². The summed E-state index contributed by atoms with van der Waals surface area (Å²) < 4.78 is 30.4. The molecule has 59 heavy (non-hydrogen) atoms. The van der Waals surface area contributed by atoms with Crippen molar-refractivity contribution >= 4 is 17.9 Å². The highest BCUT2D eigenvalue weighted by Crippen LogP contribution is 2.76. The average Bonchev–Trinajstić information content (AvgIpc) is 3.15. The average molecular weight is 827 g/mol. The maximum Gasteiger partial charge on any atom is 0.333 e. The molecule has 1 heterocycles. The lowest BCUT2D eigenvalue weighted by Gasteiger charge is -2.72. The van der Waals surface area contributed by atoms with Gasteiger partial charge in [-0.2, -0.15) is 0 Å². The maximum absolute atomic E-state index is 13.1. The van der Waals surface area contributed by atoms with Crippen molar-refractivity contribution in [2.75, 3.05) is 6.61 Å². The van der Waals surface area contributed by atoms with Crippen LogP contribution in [0.25, 0.3) is 0 Å². The fourth-order valence-corrected chi connectivity index (χ4v) is 13.6. The predicted molar refractivity (Wildman–Crippen MR) is 222 cm³/mol. The summed E-state index contributed by atoms with van der Waals surface area (Å²) in [5.41, 5.74) is -0.283. The molecule has 0 aromatic heterocycles. The summed E-state index contributed by atoms with van der Waals surface area (Å²) in [7, 11) is 0. The number of hydrogen-bond acceptors (Lipinski definition) is 11. The van der Waals surface area contributed by atoms with Crippen molar-refractivity contribution in [3.05, 3.63) is 34.9 Å². The monoisotopic (exact) mass is 827 g/mol. The van der Waals surface area contributed by atoms with Gasteiger partial charge in [0.25, 0.3) is 0 Å². The van der Waals surface area contributed by atoms with E-state index in [1.54, 1.807) is 46.8 Å². The Morgan fingerprint density at radius 1 is 0.831 bits per heavy atom. The molecule has 0 radical (unpaired) electrons. The van der Waals surface area contributed by atoms with Crippen LogP contribution < -0.4 is 0 Å². The van der Waals surface area contributed by atoms with Gasteiger partial charge in [-0.25, -0.2) is 9.59 Å². The number of aliphatic hydroxyl groups excluding tert-OH is 3. The van der Waals surface area contributed by atoms with E-state index in [0.29, 0.717) is 35.8 Å². The van der Waals surface area contributed by atoms with Crippen LogP contribution in [0.5, 0.6) is 0 Å². The van der Waals surface area contributed by atoms with Gasteiger partial charge in [0.05, 0.1) is 29.8 Å². The van der Waals surface area contributed by atoms with Crippen molar-refractivity contribution in [2.24, 2.45) is 50.2 Å². The molecule has 11 heteroatoms. The van der Waals surface area contributed by atoms with Crippen molar-refractivity contribution in [1.82, 2.24) is 0 Å². The highest BCUT2D eigenvalue weighted by atomic mass is 16.7. The molecule has 3 N–H and O–H groups in total. The van der Waals surface area contributed by atoms with Gasteiger partial charge in [-0.3, -0.25) is 4.79 Å². The first-order valence-corrected chi connectivity index (χ1v) is 22.2. The molecule has 11 nitrogen and oxygen atoms in total. The molecule has 5 unspecified atom stereocenters. The van der Waals surface area contributed by atoms with Crippen molar-refractivity contribution in [2.45, 2.75) is 190 Å². The molecule has 5 aliphatic carbocycles. The molecule has 15 atom stereocenters. The molecule has 1 saturated heterocycles. The van der Waals surface area contributed by atoms with Crippen LogP contribution in [0.3, 0.4) is 0 Å². The molecule has 5 fully saturated rings. The Morgan fingerprint density at radius 2 is 1.44 bits per heavy atom. The van der Waals surface area contributed by atoms with Crippen LogP contribution in [0.2, 0.25) is 0 Å². The van der Waals surface area contributed by atoms with Crippen molar-refractivity contribution < 1.29 is 53.4 Å². The summed E-state index contributed by atoms with van der Waals surface area (Å²) in [5.74, 6) is -1.15. The zero-order valence-corrected chi connectivity index (χ0v) is 38.1. The zero-order chi connectivity index (χ0) is 43.8. The van der Waals surface area contributed by atoms with Gasteiger partial charge in [0.15, 0.2) is 18.5 Å². The Bertz CT molecular complexity index is 1740. The van der Waals surface area contributed by atoms with E-state index in [0.717, 1.165) is 19.3 Å². The standard InChI is InChI=1S/C48H74O11/c1-14-26(3)40(53)57-36-28(5)56-42(35(51)37(36)58-41(54)27(4)15-2)59-39-38(52)48(25-55-29(6)49)31(23-44(39,9)10)30-17-18-33-45(11)21-16-20-43(7,8)32(45)19-22-46(33,12)47(30,13)24-34(48)50/h14-15,17,28,31-39,42,50-52H,16,18-25H2,1-13H3/t28?,31?,32?,33?,34-,35?,36+,37-,38+,39+,42+,45+,46-,47-,48+/m1/s1. The van der Waals surface area contributed by atoms with Gasteiger partial charge in [-0.1, -0.05) is 78.7 Å². The Morgan fingerprint density at radius 3 is 2.03 bits per heavy atom. The SMILES string of the molecule is CC=C(C)C(=O)O[C@@H]1C(O)[C@H](O[C@H]2[C@H](O)[C@@]3(COC(C)=O)C(CC2(C)C)C2=CCC4[C@@]5(C)CCCC(C)(C)C5CC[C@@]4(C)[C@]2(C)C[C@H]3O)OC(C)[C@@H]1OC(=O)C(C)=CC. The molecule has 0 spiro atoms. The number of aliphatic hydroxyl groups is 3. The summed E-state index contributed by atoms with van der Waals surface area (Å²) in [4.78, 5) is 38.7. The van der Waals surface area contributed by atoms with Crippen LogP contribution in [0.15, 0.2) is 34.9 Å². The number of carbonyl (C=O) groups excluding carboxylic acids is 3. The van der Waals surface area contributed by atoms with Gasteiger partial charge >= 0.3 is 17.9 Å². The summed E-state index contributed by atoms with van der Waals surface area (Å²) in [6, 6.07) is 0. The van der Waals surface area contributed by atoms with Gasteiger partial charge in [0.2, 0.25) is 0 Å². The lowest BCUT2D eigenvalue weighted by atomic mass is 9.33. The second-order valence-electron chi connectivity index (χ2n) is 21.4. The topological polar surface area (TPSA) is 158 Å². The number of esters is 3. The van der Waals surface area contributed by atoms with Crippen LogP contribution in [-0.4, -0.2) is 88.9 Å². The minimum Gasteiger partial charge on any atom is -0.465 e. The van der Waals surface area contributed by atoms with E-state index in [2.05, 4.69) is 40.7 Å². The highest BCUT2D eigenvalue weighted by molar-refractivity contribution is 5.88. The third-order valence-corrected chi connectivity index (χ3v) is 17.4. The van der Waals surface area contributed by atoms with Gasteiger partial charge in [-0.05, 0) is 124 Å². The van der Waals surface area contributed by atoms with Crippen LogP contribution >= 0.6 is 0 Å². The minimum atomic E-state index is -1.63. The van der Waals surface area contributed by atoms with E-state index in [9.17, 15) is 29.7 Å². The highest BCUT2D eigenvalue weighted by Gasteiger charge is 2.72. The smallest absolute Gasteiger partial charge is 0.333 e. The molecular weight excluding hydrogens is 753 g/mol. The second-order valence-corrected chi connectivity index (χ2v) is 21.4. The van der Waals surface area contributed by atoms with Gasteiger partial charge < -0.3 is 39.0 Å². The Hall–Kier alpha value is -2.57. The Kier molecular flexibility index (Phi) is 12.4. The van der Waals surface area contributed by atoms with Gasteiger partial charge in [0.1, 0.15) is 12.7 Å². The molecule has 0 aromatic rings. The summed E-state index contributed by atoms with van der Waals surface area (Å²) >= 11 is 0. The number of carbonyl (C=O) groups is 3. The van der Waals surface area contributed by atoms with E-state index in [-0.39, 0.29) is 34.2 Å². The van der Waals surface area contributed by atoms with Gasteiger partial charge in [-0.15, -0.1) is 0 Å². The first-order chi connectivity index (χ1) is 27.4. The fraction of sp³-hybridized carbons (Fsp3) is 0.812. The van der Waals surface area contributed by atoms with Crippen molar-refractivity contribution in [3.8, 4) is 0 Å². The normalized spacial score (nSPS) is 45.4. The third-order valence-electron chi connectivity index (χ3n) is 17.4. The maximum atomic E-state index is 13.1. The first kappa shape index (κ1) is 45.9. The van der Waals surface area contributed by atoms with Crippen molar-refractivity contribution in [1.29, 1.82) is 0 Å². The van der Waals surface area contributed by atoms with E-state index < -0.39 is 77.8 Å². The third kappa shape index (κ3) is 7.28. The van der Waals surface area contributed by atoms with E-state index in [1.807, 2.05) is 13.8 Å². The molecule has 6 aliphatic rings. The zero-order valence-electron chi connectivity index (χ0n) is 38.1. The predicted octanol–water partition coefficient (Wildman–Crippen LogP) is 7.54. The largest absolute Gasteiger partial charge is 0.465 e. The van der Waals surface area contributed by atoms with E-state index >= 15 is 0 Å². The van der Waals surface area contributed by atoms with Crippen molar-refractivity contribution in [3.63, 3.8) is 0 Å². The first-order valence-electron chi connectivity index (χ1n) is 22.2. The van der Waals surface area contributed by atoms with Crippen LogP contribution in [-0.2, 0) is 38.1 Å². The lowest BCUT2D eigenvalue weighted by Crippen LogP contribution is -2.72. The van der Waals surface area contributed by atoms with E-state index in [1.165, 1.54) is 31.8 Å². The van der Waals surface area contributed by atoms with E-state index in [4.69, 9.17) is 23.7 Å². The number of rotatable bonds is 8. The quantitative estimate of drug-likeness (QED) is 0.0730. The molecule has 1 aliphatic heterocycles. The summed E-state index contributed by atoms with van der Waals surface area (Å²) in [6.07, 6.45) is 3.29. The number of hydrogen-bond donors (Lipinski definition) is 3. The molecule has 332 valence electrons. The van der Waals surface area contributed by atoms with Gasteiger partial charge in [0, 0.05) is 18.1 Å².